The molecule has 0 spiro atoms. The summed E-state index contributed by atoms with van der Waals surface area (Å²) in [5, 5.41) is 6.72. The summed E-state index contributed by atoms with van der Waals surface area (Å²) < 4.78 is 11.4. The first-order valence-corrected chi connectivity index (χ1v) is 8.76. The molecule has 1 heterocycles. The van der Waals surface area contributed by atoms with Gasteiger partial charge in [0.1, 0.15) is 0 Å². The summed E-state index contributed by atoms with van der Waals surface area (Å²) in [4.78, 5) is 6.75. The molecular formula is C18H28N4O2. The molecule has 132 valence electrons. The quantitative estimate of drug-likeness (QED) is 0.640. The number of fused-ring (bicyclic) bond motifs is 1. The molecule has 1 aromatic rings. The van der Waals surface area contributed by atoms with Gasteiger partial charge < -0.3 is 20.1 Å². The molecule has 2 N–H and O–H groups in total. The zero-order chi connectivity index (χ0) is 16.9. The molecule has 6 nitrogen and oxygen atoms in total. The lowest BCUT2D eigenvalue weighted by Gasteiger charge is -2.25. The number of benzene rings is 1. The van der Waals surface area contributed by atoms with E-state index in [1.807, 2.05) is 18.2 Å². The minimum Gasteiger partial charge on any atom is -0.490 e. The molecule has 0 bridgehead atoms. The van der Waals surface area contributed by atoms with Crippen LogP contribution in [-0.4, -0.2) is 56.8 Å². The summed E-state index contributed by atoms with van der Waals surface area (Å²) in [7, 11) is 3.98. The molecule has 1 atom stereocenters. The van der Waals surface area contributed by atoms with Gasteiger partial charge >= 0.3 is 0 Å². The normalized spacial score (nSPS) is 18.9. The van der Waals surface area contributed by atoms with Crippen LogP contribution in [0.5, 0.6) is 11.5 Å². The van der Waals surface area contributed by atoms with Crippen molar-refractivity contribution in [2.24, 2.45) is 4.99 Å². The summed E-state index contributed by atoms with van der Waals surface area (Å²) in [5.41, 5.74) is 0.940. The number of nitrogens with zero attached hydrogens (tertiary/aromatic N) is 2. The molecular weight excluding hydrogens is 304 g/mol. The highest BCUT2D eigenvalue weighted by Gasteiger charge is 2.29. The van der Waals surface area contributed by atoms with Gasteiger partial charge in [-0.3, -0.25) is 9.89 Å². The van der Waals surface area contributed by atoms with Crippen molar-refractivity contribution in [3.8, 4) is 11.5 Å². The van der Waals surface area contributed by atoms with Gasteiger partial charge in [-0.1, -0.05) is 0 Å². The van der Waals surface area contributed by atoms with Crippen LogP contribution in [0, 0.1) is 0 Å². The fourth-order valence-electron chi connectivity index (χ4n) is 2.79. The van der Waals surface area contributed by atoms with E-state index in [9.17, 15) is 0 Å². The summed E-state index contributed by atoms with van der Waals surface area (Å²) in [6.45, 7) is 4.49. The summed E-state index contributed by atoms with van der Waals surface area (Å²) >= 11 is 0. The molecule has 0 radical (unpaired) electrons. The lowest BCUT2D eigenvalue weighted by Crippen LogP contribution is -2.43. The van der Waals surface area contributed by atoms with E-state index < -0.39 is 0 Å². The van der Waals surface area contributed by atoms with Gasteiger partial charge in [0.2, 0.25) is 0 Å². The van der Waals surface area contributed by atoms with E-state index in [2.05, 4.69) is 34.5 Å². The predicted molar refractivity (Wildman–Crippen MR) is 97.3 cm³/mol. The van der Waals surface area contributed by atoms with Gasteiger partial charge in [-0.05, 0) is 38.9 Å². The number of guanidine groups is 1. The molecule has 0 aromatic heterocycles. The first-order chi connectivity index (χ1) is 11.7. The number of ether oxygens (including phenoxy) is 2. The largest absolute Gasteiger partial charge is 0.490 e. The van der Waals surface area contributed by atoms with Crippen LogP contribution in [0.15, 0.2) is 23.2 Å². The molecule has 2 aliphatic rings. The van der Waals surface area contributed by atoms with Crippen LogP contribution in [0.1, 0.15) is 26.2 Å². The van der Waals surface area contributed by atoms with Gasteiger partial charge in [0.25, 0.3) is 0 Å². The SMILES string of the molecule is CN=C(NCC(C)N(C)C1CC1)Nc1ccc2c(c1)OCCCO2. The minimum absolute atomic E-state index is 0.472. The Morgan fingerprint density at radius 2 is 2.04 bits per heavy atom. The van der Waals surface area contributed by atoms with E-state index in [0.29, 0.717) is 19.3 Å². The second kappa shape index (κ2) is 7.75. The Labute approximate surface area is 144 Å². The maximum atomic E-state index is 5.74. The van der Waals surface area contributed by atoms with Crippen LogP contribution in [0.25, 0.3) is 0 Å². The third-order valence-electron chi connectivity index (χ3n) is 4.62. The first kappa shape index (κ1) is 16.9. The van der Waals surface area contributed by atoms with Gasteiger partial charge in [-0.15, -0.1) is 0 Å². The van der Waals surface area contributed by atoms with Crippen molar-refractivity contribution in [2.75, 3.05) is 39.2 Å². The maximum absolute atomic E-state index is 5.74. The van der Waals surface area contributed by atoms with Crippen LogP contribution < -0.4 is 20.1 Å². The van der Waals surface area contributed by atoms with E-state index in [0.717, 1.165) is 42.2 Å². The molecule has 1 aromatic carbocycles. The molecule has 24 heavy (non-hydrogen) atoms. The number of hydrogen-bond donors (Lipinski definition) is 2. The van der Waals surface area contributed by atoms with Crippen LogP contribution >= 0.6 is 0 Å². The smallest absolute Gasteiger partial charge is 0.195 e. The Morgan fingerprint density at radius 3 is 2.75 bits per heavy atom. The third-order valence-corrected chi connectivity index (χ3v) is 4.62. The highest BCUT2D eigenvalue weighted by molar-refractivity contribution is 5.93. The standard InChI is InChI=1S/C18H28N4O2/c1-13(22(3)15-6-7-15)12-20-18(19-2)21-14-5-8-16-17(11-14)24-10-4-9-23-16/h5,8,11,13,15H,4,6-7,9-10,12H2,1-3H3,(H2,19,20,21). The fraction of sp³-hybridized carbons (Fsp3) is 0.611. The van der Waals surface area contributed by atoms with E-state index >= 15 is 0 Å². The molecule has 1 saturated carbocycles. The van der Waals surface area contributed by atoms with Crippen molar-refractivity contribution in [1.29, 1.82) is 0 Å². The van der Waals surface area contributed by atoms with Gasteiger partial charge in [0, 0.05) is 43.9 Å². The van der Waals surface area contributed by atoms with Crippen molar-refractivity contribution in [2.45, 2.75) is 38.3 Å². The Morgan fingerprint density at radius 1 is 1.29 bits per heavy atom. The Kier molecular flexibility index (Phi) is 5.45. The third kappa shape index (κ3) is 4.32. The number of hydrogen-bond acceptors (Lipinski definition) is 4. The summed E-state index contributed by atoms with van der Waals surface area (Å²) in [6, 6.07) is 7.13. The van der Waals surface area contributed by atoms with Crippen molar-refractivity contribution < 1.29 is 9.47 Å². The molecule has 1 aliphatic carbocycles. The zero-order valence-electron chi connectivity index (χ0n) is 14.8. The number of aliphatic imine (C=N–C) groups is 1. The van der Waals surface area contributed by atoms with Gasteiger partial charge in [-0.25, -0.2) is 0 Å². The molecule has 0 saturated heterocycles. The second-order valence-corrected chi connectivity index (χ2v) is 6.54. The average molecular weight is 332 g/mol. The van der Waals surface area contributed by atoms with Gasteiger partial charge in [0.05, 0.1) is 13.2 Å². The highest BCUT2D eigenvalue weighted by atomic mass is 16.5. The second-order valence-electron chi connectivity index (χ2n) is 6.54. The molecule has 0 amide bonds. The van der Waals surface area contributed by atoms with Crippen molar-refractivity contribution >= 4 is 11.6 Å². The zero-order valence-corrected chi connectivity index (χ0v) is 14.8. The van der Waals surface area contributed by atoms with Gasteiger partial charge in [-0.2, -0.15) is 0 Å². The Balaban J connectivity index is 1.56. The van der Waals surface area contributed by atoms with Crippen LogP contribution in [0.3, 0.4) is 0 Å². The van der Waals surface area contributed by atoms with Crippen molar-refractivity contribution in [3.63, 3.8) is 0 Å². The van der Waals surface area contributed by atoms with E-state index in [1.165, 1.54) is 12.8 Å². The number of anilines is 1. The van der Waals surface area contributed by atoms with E-state index in [-0.39, 0.29) is 0 Å². The number of likely N-dealkylation sites (N-methyl/N-ethyl adjacent to an activating group) is 1. The molecule has 1 aliphatic heterocycles. The van der Waals surface area contributed by atoms with Crippen molar-refractivity contribution in [1.82, 2.24) is 10.2 Å². The van der Waals surface area contributed by atoms with Crippen LogP contribution in [0.4, 0.5) is 5.69 Å². The number of rotatable bonds is 5. The first-order valence-electron chi connectivity index (χ1n) is 8.76. The lowest BCUT2D eigenvalue weighted by molar-refractivity contribution is 0.248. The minimum atomic E-state index is 0.472. The highest BCUT2D eigenvalue weighted by Crippen LogP contribution is 2.32. The Bertz CT molecular complexity index is 586. The Hall–Kier alpha value is -1.95. The maximum Gasteiger partial charge on any atom is 0.195 e. The van der Waals surface area contributed by atoms with Crippen LogP contribution in [0.2, 0.25) is 0 Å². The van der Waals surface area contributed by atoms with E-state index in [1.54, 1.807) is 7.05 Å². The molecule has 1 unspecified atom stereocenters. The summed E-state index contributed by atoms with van der Waals surface area (Å²) in [6.07, 6.45) is 3.56. The molecule has 6 heteroatoms. The molecule has 1 fully saturated rings. The topological polar surface area (TPSA) is 58.1 Å². The van der Waals surface area contributed by atoms with Crippen LogP contribution in [-0.2, 0) is 0 Å². The van der Waals surface area contributed by atoms with Crippen molar-refractivity contribution in [3.05, 3.63) is 18.2 Å². The van der Waals surface area contributed by atoms with Gasteiger partial charge in [0.15, 0.2) is 17.5 Å². The summed E-state index contributed by atoms with van der Waals surface area (Å²) in [5.74, 6) is 2.36. The monoisotopic (exact) mass is 332 g/mol. The lowest BCUT2D eigenvalue weighted by atomic mass is 10.2. The fourth-order valence-corrected chi connectivity index (χ4v) is 2.79. The predicted octanol–water partition coefficient (Wildman–Crippen LogP) is 2.32. The average Bonchev–Trinajstić information content (AvgIpc) is 3.44. The van der Waals surface area contributed by atoms with E-state index in [4.69, 9.17) is 9.47 Å². The number of nitrogens with one attached hydrogen (secondary N) is 2. The molecule has 3 rings (SSSR count).